The van der Waals surface area contributed by atoms with Gasteiger partial charge in [-0.25, -0.2) is 4.21 Å². The number of alkyl halides is 3. The largest absolute Gasteiger partial charge is 0.419 e. The van der Waals surface area contributed by atoms with Crippen molar-refractivity contribution in [2.45, 2.75) is 42.9 Å². The highest BCUT2D eigenvalue weighted by molar-refractivity contribution is 7.79. The second kappa shape index (κ2) is 8.64. The molecule has 2 aromatic rings. The Hall–Kier alpha value is -3.18. The number of halogens is 3. The van der Waals surface area contributed by atoms with Gasteiger partial charge in [-0.05, 0) is 49.2 Å². The summed E-state index contributed by atoms with van der Waals surface area (Å²) in [5, 5.41) is 8.68. The molecule has 2 unspecified atom stereocenters. The van der Waals surface area contributed by atoms with Gasteiger partial charge >= 0.3 is 6.18 Å². The minimum Gasteiger partial charge on any atom is -0.361 e. The third-order valence-electron chi connectivity index (χ3n) is 5.41. The van der Waals surface area contributed by atoms with Gasteiger partial charge in [0.2, 0.25) is 5.91 Å². The molecule has 1 amide bonds. The number of allylic oxidation sites excluding steroid dienone is 1. The standard InChI is InChI=1S/C22H21F3N4O3S/c1-21(29-14-7-8-16-13(10-14)6-9-20(30)28-16)11-18(15(12-26-21)22(23,24)25)27-17-4-2-3-5-19(17)33(31)32/h2-5,7-8,10,12,27,29H,6,9,11H2,1H3,(H,28,30)(H,31,32). The molecule has 174 valence electrons. The molecule has 0 bridgehead atoms. The second-order valence-corrected chi connectivity index (χ2v) is 8.95. The first kappa shape index (κ1) is 23.0. The molecule has 0 spiro atoms. The summed E-state index contributed by atoms with van der Waals surface area (Å²) in [5.74, 6) is -0.0586. The number of nitrogens with one attached hydrogen (secondary N) is 3. The topological polar surface area (TPSA) is 103 Å². The van der Waals surface area contributed by atoms with Crippen molar-refractivity contribution >= 4 is 40.3 Å². The Morgan fingerprint density at radius 1 is 1.18 bits per heavy atom. The summed E-state index contributed by atoms with van der Waals surface area (Å²) in [6.07, 6.45) is -3.11. The summed E-state index contributed by atoms with van der Waals surface area (Å²) in [6.45, 7) is 1.66. The first-order valence-electron chi connectivity index (χ1n) is 10.1. The van der Waals surface area contributed by atoms with Crippen LogP contribution in [0.5, 0.6) is 0 Å². The van der Waals surface area contributed by atoms with Crippen molar-refractivity contribution in [3.05, 3.63) is 59.3 Å². The Labute approximate surface area is 190 Å². The maximum atomic E-state index is 13.7. The van der Waals surface area contributed by atoms with Crippen LogP contribution in [-0.4, -0.2) is 32.7 Å². The van der Waals surface area contributed by atoms with Crippen LogP contribution in [-0.2, 0) is 22.3 Å². The Balaban J connectivity index is 1.63. The number of anilines is 3. The van der Waals surface area contributed by atoms with Gasteiger partial charge in [0.15, 0.2) is 11.1 Å². The van der Waals surface area contributed by atoms with Crippen molar-refractivity contribution in [1.29, 1.82) is 0 Å². The molecular formula is C22H21F3N4O3S. The average Bonchev–Trinajstić information content (AvgIpc) is 2.73. The lowest BCUT2D eigenvalue weighted by molar-refractivity contribution is -0.116. The highest BCUT2D eigenvalue weighted by atomic mass is 32.2. The molecular weight excluding hydrogens is 457 g/mol. The van der Waals surface area contributed by atoms with Crippen molar-refractivity contribution in [2.24, 2.45) is 4.99 Å². The van der Waals surface area contributed by atoms with Gasteiger partial charge in [-0.2, -0.15) is 13.2 Å². The number of hydrogen-bond donors (Lipinski definition) is 4. The van der Waals surface area contributed by atoms with E-state index in [1.807, 2.05) is 6.07 Å². The second-order valence-electron chi connectivity index (χ2n) is 8.01. The van der Waals surface area contributed by atoms with E-state index in [1.54, 1.807) is 25.1 Å². The maximum Gasteiger partial charge on any atom is 0.419 e. The van der Waals surface area contributed by atoms with Gasteiger partial charge in [-0.3, -0.25) is 9.79 Å². The highest BCUT2D eigenvalue weighted by Crippen LogP contribution is 2.37. The van der Waals surface area contributed by atoms with Gasteiger partial charge in [0.05, 0.1) is 16.2 Å². The van der Waals surface area contributed by atoms with E-state index in [-0.39, 0.29) is 28.6 Å². The molecule has 0 fully saturated rings. The van der Waals surface area contributed by atoms with Crippen LogP contribution in [0.2, 0.25) is 0 Å². The molecule has 2 heterocycles. The number of benzene rings is 2. The summed E-state index contributed by atoms with van der Waals surface area (Å²) in [5.41, 5.74) is 0.158. The number of nitrogens with zero attached hydrogens (tertiary/aromatic N) is 1. The molecule has 2 atom stereocenters. The Bertz CT molecular complexity index is 1200. The smallest absolute Gasteiger partial charge is 0.361 e. The minimum atomic E-state index is -4.66. The van der Waals surface area contributed by atoms with Crippen LogP contribution in [0.15, 0.2) is 63.6 Å². The van der Waals surface area contributed by atoms with E-state index in [4.69, 9.17) is 0 Å². The van der Waals surface area contributed by atoms with E-state index in [9.17, 15) is 26.7 Å². The summed E-state index contributed by atoms with van der Waals surface area (Å²) in [4.78, 5) is 15.7. The zero-order valence-electron chi connectivity index (χ0n) is 17.5. The van der Waals surface area contributed by atoms with E-state index in [1.165, 1.54) is 18.2 Å². The number of para-hydroxylation sites is 1. The van der Waals surface area contributed by atoms with Gasteiger partial charge in [0.25, 0.3) is 0 Å². The fourth-order valence-corrected chi connectivity index (χ4v) is 4.36. The number of aryl methyl sites for hydroxylation is 1. The first-order valence-corrected chi connectivity index (χ1v) is 11.2. The number of rotatable bonds is 5. The molecule has 0 aromatic heterocycles. The normalized spacial score (nSPS) is 21.3. The lowest BCUT2D eigenvalue weighted by atomic mass is 9.97. The maximum absolute atomic E-state index is 13.7. The number of carbonyl (C=O) groups excluding carboxylic acids is 1. The van der Waals surface area contributed by atoms with Crippen LogP contribution in [0.1, 0.15) is 25.3 Å². The molecule has 0 radical (unpaired) electrons. The van der Waals surface area contributed by atoms with Gasteiger partial charge in [0, 0.05) is 36.1 Å². The molecule has 2 aliphatic heterocycles. The molecule has 7 nitrogen and oxygen atoms in total. The van der Waals surface area contributed by atoms with E-state index in [2.05, 4.69) is 20.9 Å². The number of hydrogen-bond acceptors (Lipinski definition) is 5. The Morgan fingerprint density at radius 2 is 1.94 bits per heavy atom. The van der Waals surface area contributed by atoms with Crippen LogP contribution < -0.4 is 16.0 Å². The number of carbonyl (C=O) groups is 1. The SMILES string of the molecule is CC1(Nc2ccc3c(c2)CCC(=O)N3)CC(Nc2ccccc2S(=O)O)=C(C(F)(F)F)C=N1. The van der Waals surface area contributed by atoms with Crippen LogP contribution in [0.3, 0.4) is 0 Å². The highest BCUT2D eigenvalue weighted by Gasteiger charge is 2.41. The van der Waals surface area contributed by atoms with Crippen molar-refractivity contribution in [1.82, 2.24) is 0 Å². The Morgan fingerprint density at radius 3 is 2.67 bits per heavy atom. The fraction of sp³-hybridized carbons (Fsp3) is 0.273. The summed E-state index contributed by atoms with van der Waals surface area (Å²) < 4.78 is 62.2. The predicted molar refractivity (Wildman–Crippen MR) is 121 cm³/mol. The number of dihydropyridines is 1. The zero-order valence-corrected chi connectivity index (χ0v) is 18.3. The van der Waals surface area contributed by atoms with E-state index < -0.39 is 28.5 Å². The monoisotopic (exact) mass is 478 g/mol. The lowest BCUT2D eigenvalue weighted by Gasteiger charge is -2.34. The van der Waals surface area contributed by atoms with Crippen LogP contribution in [0.25, 0.3) is 0 Å². The summed E-state index contributed by atoms with van der Waals surface area (Å²) >= 11 is -2.38. The third kappa shape index (κ3) is 5.09. The van der Waals surface area contributed by atoms with Gasteiger partial charge < -0.3 is 20.5 Å². The van der Waals surface area contributed by atoms with Crippen LogP contribution in [0.4, 0.5) is 30.2 Å². The molecule has 0 saturated heterocycles. The molecule has 11 heteroatoms. The van der Waals surface area contributed by atoms with Crippen molar-refractivity contribution < 1.29 is 26.7 Å². The predicted octanol–water partition coefficient (Wildman–Crippen LogP) is 4.68. The van der Waals surface area contributed by atoms with E-state index in [0.29, 0.717) is 24.2 Å². The Kier molecular flexibility index (Phi) is 6.02. The molecule has 0 saturated carbocycles. The number of amides is 1. The van der Waals surface area contributed by atoms with Crippen molar-refractivity contribution in [2.75, 3.05) is 16.0 Å². The van der Waals surface area contributed by atoms with Gasteiger partial charge in [-0.1, -0.05) is 12.1 Å². The lowest BCUT2D eigenvalue weighted by Crippen LogP contribution is -2.39. The van der Waals surface area contributed by atoms with Crippen molar-refractivity contribution in [3.8, 4) is 0 Å². The van der Waals surface area contributed by atoms with Crippen LogP contribution >= 0.6 is 0 Å². The zero-order chi connectivity index (χ0) is 23.8. The fourth-order valence-electron chi connectivity index (χ4n) is 3.86. The summed E-state index contributed by atoms with van der Waals surface area (Å²) in [7, 11) is 0. The van der Waals surface area contributed by atoms with Gasteiger partial charge in [0.1, 0.15) is 5.66 Å². The minimum absolute atomic E-state index is 0.0274. The van der Waals surface area contributed by atoms with E-state index >= 15 is 0 Å². The molecule has 2 aliphatic rings. The molecule has 0 aliphatic carbocycles. The number of aliphatic imine (C=N–C) groups is 1. The quantitative estimate of drug-likeness (QED) is 0.467. The van der Waals surface area contributed by atoms with E-state index in [0.717, 1.165) is 11.8 Å². The van der Waals surface area contributed by atoms with Crippen molar-refractivity contribution in [3.63, 3.8) is 0 Å². The average molecular weight is 478 g/mol. The first-order chi connectivity index (χ1) is 15.5. The molecule has 33 heavy (non-hydrogen) atoms. The van der Waals surface area contributed by atoms with Crippen LogP contribution in [0, 0.1) is 0 Å². The molecule has 4 rings (SSSR count). The number of fused-ring (bicyclic) bond motifs is 1. The molecule has 4 N–H and O–H groups in total. The summed E-state index contributed by atoms with van der Waals surface area (Å²) in [6, 6.07) is 11.2. The molecule has 2 aromatic carbocycles. The third-order valence-corrected chi connectivity index (χ3v) is 6.14. The van der Waals surface area contributed by atoms with Gasteiger partial charge in [-0.15, -0.1) is 0 Å².